The normalized spacial score (nSPS) is 26.9. The first kappa shape index (κ1) is 28.4. The number of carbonyl (C=O) groups is 4. The summed E-state index contributed by atoms with van der Waals surface area (Å²) < 4.78 is 33.7. The van der Waals surface area contributed by atoms with Crippen molar-refractivity contribution < 1.29 is 47.6 Å². The molecule has 0 radical (unpaired) electrons. The third-order valence-corrected chi connectivity index (χ3v) is 7.05. The summed E-state index contributed by atoms with van der Waals surface area (Å²) in [5.74, 6) is -1.76. The van der Waals surface area contributed by atoms with Gasteiger partial charge in [0.25, 0.3) is 0 Å². The van der Waals surface area contributed by atoms with Crippen LogP contribution < -0.4 is 4.74 Å². The number of methoxy groups -OCH3 is 2. The molecule has 0 unspecified atom stereocenters. The average Bonchev–Trinajstić information content (AvgIpc) is 2.86. The third-order valence-electron chi connectivity index (χ3n) is 7.05. The first-order valence-electron chi connectivity index (χ1n) is 12.5. The molecule has 1 aromatic rings. The van der Waals surface area contributed by atoms with Crippen molar-refractivity contribution >= 4 is 23.9 Å². The van der Waals surface area contributed by atoms with E-state index >= 15 is 0 Å². The van der Waals surface area contributed by atoms with E-state index in [-0.39, 0.29) is 5.97 Å². The van der Waals surface area contributed by atoms with Crippen LogP contribution in [0.5, 0.6) is 5.75 Å². The van der Waals surface area contributed by atoms with E-state index in [1.165, 1.54) is 35.0 Å². The van der Waals surface area contributed by atoms with Gasteiger partial charge in [-0.25, -0.2) is 0 Å². The summed E-state index contributed by atoms with van der Waals surface area (Å²) in [5, 5.41) is 0. The van der Waals surface area contributed by atoms with Gasteiger partial charge in [-0.05, 0) is 37.5 Å². The molecule has 0 spiro atoms. The van der Waals surface area contributed by atoms with E-state index in [1.807, 2.05) is 12.1 Å². The molecule has 1 aliphatic heterocycles. The molecule has 5 atom stereocenters. The highest BCUT2D eigenvalue weighted by Crippen LogP contribution is 2.45. The molecule has 3 rings (SSSR count). The van der Waals surface area contributed by atoms with Crippen LogP contribution in [0.2, 0.25) is 0 Å². The van der Waals surface area contributed by atoms with Crippen molar-refractivity contribution in [3.63, 3.8) is 0 Å². The highest BCUT2D eigenvalue weighted by molar-refractivity contribution is 5.83. The van der Waals surface area contributed by atoms with Gasteiger partial charge in [-0.3, -0.25) is 19.2 Å². The quantitative estimate of drug-likeness (QED) is 0.391. The average molecular weight is 521 g/mol. The summed E-state index contributed by atoms with van der Waals surface area (Å²) in [4.78, 5) is 49.1. The molecular formula is C27H36O10. The van der Waals surface area contributed by atoms with Crippen LogP contribution in [0.25, 0.3) is 0 Å². The minimum Gasteiger partial charge on any atom is -0.496 e. The maximum absolute atomic E-state index is 13.1. The van der Waals surface area contributed by atoms with Gasteiger partial charge in [0.15, 0.2) is 18.3 Å². The predicted molar refractivity (Wildman–Crippen MR) is 130 cm³/mol. The van der Waals surface area contributed by atoms with Crippen molar-refractivity contribution in [2.75, 3.05) is 14.2 Å². The van der Waals surface area contributed by atoms with E-state index in [0.717, 1.165) is 24.8 Å². The molecule has 1 saturated carbocycles. The highest BCUT2D eigenvalue weighted by atomic mass is 16.6. The van der Waals surface area contributed by atoms with Crippen LogP contribution >= 0.6 is 0 Å². The zero-order valence-corrected chi connectivity index (χ0v) is 22.2. The van der Waals surface area contributed by atoms with E-state index in [9.17, 15) is 19.2 Å². The standard InChI is InChI=1S/C27H36O10/c1-15-22(35-16(2)28)24(36-17(3)29)25(37-18(4)30)23(34-15)20-14-19(10-11-21(20)32-5)27(26(31)33-6)12-8-7-9-13-27/h10-11,14-15,22-25H,7-9,12-13H2,1-6H3/t15-,22-,23+,24+,25-/m0/s1. The van der Waals surface area contributed by atoms with Gasteiger partial charge in [-0.15, -0.1) is 0 Å². The minimum atomic E-state index is -1.16. The Morgan fingerprint density at radius 2 is 1.41 bits per heavy atom. The zero-order valence-electron chi connectivity index (χ0n) is 22.2. The van der Waals surface area contributed by atoms with Gasteiger partial charge in [0, 0.05) is 26.3 Å². The summed E-state index contributed by atoms with van der Waals surface area (Å²) in [6.07, 6.45) is -0.966. The van der Waals surface area contributed by atoms with Crippen LogP contribution in [0.15, 0.2) is 18.2 Å². The number of benzene rings is 1. The lowest BCUT2D eigenvalue weighted by Crippen LogP contribution is -2.57. The molecular weight excluding hydrogens is 484 g/mol. The van der Waals surface area contributed by atoms with E-state index in [0.29, 0.717) is 24.2 Å². The number of hydrogen-bond donors (Lipinski definition) is 0. The summed E-state index contributed by atoms with van der Waals surface area (Å²) in [6, 6.07) is 5.39. The first-order chi connectivity index (χ1) is 17.5. The van der Waals surface area contributed by atoms with Crippen molar-refractivity contribution in [2.45, 2.75) is 95.7 Å². The van der Waals surface area contributed by atoms with Crippen LogP contribution in [0.1, 0.15) is 77.0 Å². The number of rotatable bonds is 7. The van der Waals surface area contributed by atoms with Gasteiger partial charge in [0.1, 0.15) is 11.9 Å². The summed E-state index contributed by atoms with van der Waals surface area (Å²) >= 11 is 0. The van der Waals surface area contributed by atoms with E-state index in [1.54, 1.807) is 13.0 Å². The Morgan fingerprint density at radius 3 is 1.95 bits per heavy atom. The number of ether oxygens (including phenoxy) is 6. The van der Waals surface area contributed by atoms with Gasteiger partial charge >= 0.3 is 23.9 Å². The largest absolute Gasteiger partial charge is 0.496 e. The second-order valence-corrected chi connectivity index (χ2v) is 9.58. The maximum atomic E-state index is 13.1. The molecule has 1 aliphatic carbocycles. The van der Waals surface area contributed by atoms with Gasteiger partial charge in [-0.2, -0.15) is 0 Å². The van der Waals surface area contributed by atoms with Crippen molar-refractivity contribution in [3.8, 4) is 5.75 Å². The van der Waals surface area contributed by atoms with Gasteiger partial charge in [0.2, 0.25) is 0 Å². The van der Waals surface area contributed by atoms with Crippen LogP contribution in [0.3, 0.4) is 0 Å². The van der Waals surface area contributed by atoms with Gasteiger partial charge in [0.05, 0.1) is 25.7 Å². The van der Waals surface area contributed by atoms with Crippen molar-refractivity contribution in [1.29, 1.82) is 0 Å². The Hall–Kier alpha value is -3.14. The Kier molecular flexibility index (Phi) is 9.17. The van der Waals surface area contributed by atoms with Crippen LogP contribution in [0.4, 0.5) is 0 Å². The fourth-order valence-electron chi connectivity index (χ4n) is 5.48. The van der Waals surface area contributed by atoms with Gasteiger partial charge in [-0.1, -0.05) is 25.3 Å². The van der Waals surface area contributed by atoms with Crippen LogP contribution in [-0.4, -0.2) is 62.5 Å². The number of esters is 4. The highest BCUT2D eigenvalue weighted by Gasteiger charge is 2.52. The van der Waals surface area contributed by atoms with E-state index < -0.39 is 53.8 Å². The number of hydrogen-bond acceptors (Lipinski definition) is 10. The fourth-order valence-corrected chi connectivity index (χ4v) is 5.48. The van der Waals surface area contributed by atoms with E-state index in [4.69, 9.17) is 28.4 Å². The van der Waals surface area contributed by atoms with Gasteiger partial charge < -0.3 is 28.4 Å². The summed E-state index contributed by atoms with van der Waals surface area (Å²) in [7, 11) is 2.87. The molecule has 10 heteroatoms. The minimum absolute atomic E-state index is 0.314. The second-order valence-electron chi connectivity index (χ2n) is 9.58. The Morgan fingerprint density at radius 1 is 0.838 bits per heavy atom. The molecule has 2 fully saturated rings. The topological polar surface area (TPSA) is 124 Å². The molecule has 1 aromatic carbocycles. The molecule has 0 N–H and O–H groups in total. The zero-order chi connectivity index (χ0) is 27.3. The molecule has 1 heterocycles. The molecule has 10 nitrogen and oxygen atoms in total. The summed E-state index contributed by atoms with van der Waals surface area (Å²) in [5.41, 5.74) is 0.407. The smallest absolute Gasteiger partial charge is 0.316 e. The lowest BCUT2D eigenvalue weighted by Gasteiger charge is -2.44. The molecule has 0 bridgehead atoms. The number of carbonyl (C=O) groups excluding carboxylic acids is 4. The Labute approximate surface area is 216 Å². The molecule has 37 heavy (non-hydrogen) atoms. The molecule has 0 aromatic heterocycles. The molecule has 1 saturated heterocycles. The van der Waals surface area contributed by atoms with Crippen molar-refractivity contribution in [3.05, 3.63) is 29.3 Å². The SMILES string of the molecule is COC(=O)C1(c2ccc(OC)c([C@H]3O[C@@H](C)[C@H](OC(C)=O)[C@@H](OC(C)=O)[C@H]3OC(C)=O)c2)CCCCC1. The predicted octanol–water partition coefficient (Wildman–Crippen LogP) is 3.33. The van der Waals surface area contributed by atoms with E-state index in [2.05, 4.69) is 0 Å². The second kappa shape index (κ2) is 11.9. The lowest BCUT2D eigenvalue weighted by atomic mass is 9.69. The molecule has 2 aliphatic rings. The Bertz CT molecular complexity index is 1010. The lowest BCUT2D eigenvalue weighted by molar-refractivity contribution is -0.245. The third kappa shape index (κ3) is 6.06. The fraction of sp³-hybridized carbons (Fsp3) is 0.630. The first-order valence-corrected chi connectivity index (χ1v) is 12.5. The van der Waals surface area contributed by atoms with Crippen molar-refractivity contribution in [2.24, 2.45) is 0 Å². The maximum Gasteiger partial charge on any atom is 0.316 e. The molecule has 204 valence electrons. The van der Waals surface area contributed by atoms with Crippen LogP contribution in [0, 0.1) is 0 Å². The molecule has 0 amide bonds. The Balaban J connectivity index is 2.16. The van der Waals surface area contributed by atoms with Crippen molar-refractivity contribution in [1.82, 2.24) is 0 Å². The summed E-state index contributed by atoms with van der Waals surface area (Å²) in [6.45, 7) is 5.35. The van der Waals surface area contributed by atoms with Crippen LogP contribution in [-0.2, 0) is 48.3 Å². The monoisotopic (exact) mass is 520 g/mol.